The van der Waals surface area contributed by atoms with E-state index in [1.54, 1.807) is 13.8 Å². The van der Waals surface area contributed by atoms with Gasteiger partial charge in [0, 0.05) is 5.54 Å². The van der Waals surface area contributed by atoms with Crippen LogP contribution in [0.5, 0.6) is 0 Å². The van der Waals surface area contributed by atoms with Crippen LogP contribution in [0.4, 0.5) is 5.95 Å². The monoisotopic (exact) mass is 251 g/mol. The van der Waals surface area contributed by atoms with Crippen LogP contribution in [0.15, 0.2) is 0 Å². The lowest BCUT2D eigenvalue weighted by Crippen LogP contribution is -2.53. The number of aryl methyl sites for hydroxylation is 2. The second kappa shape index (κ2) is 4.61. The van der Waals surface area contributed by atoms with Gasteiger partial charge in [0.15, 0.2) is 0 Å². The van der Waals surface area contributed by atoms with Crippen LogP contribution in [0.25, 0.3) is 0 Å². The zero-order valence-corrected chi connectivity index (χ0v) is 11.8. The Balaban J connectivity index is 2.91. The Kier molecular flexibility index (Phi) is 3.71. The molecule has 0 unspecified atom stereocenters. The minimum Gasteiger partial charge on any atom is -0.325 e. The summed E-state index contributed by atoms with van der Waals surface area (Å²) in [5.74, 6) is -0.0134. The first-order valence-corrected chi connectivity index (χ1v) is 5.84. The van der Waals surface area contributed by atoms with Crippen molar-refractivity contribution in [1.82, 2.24) is 15.2 Å². The van der Waals surface area contributed by atoms with Crippen LogP contribution in [0, 0.1) is 19.3 Å². The zero-order valence-electron chi connectivity index (χ0n) is 11.8. The summed E-state index contributed by atoms with van der Waals surface area (Å²) in [6.07, 6.45) is 0. The number of carbonyl (C=O) groups is 1. The molecule has 0 bridgehead atoms. The van der Waals surface area contributed by atoms with Crippen molar-refractivity contribution in [1.29, 1.82) is 0 Å². The molecule has 1 amide bonds. The Morgan fingerprint density at radius 3 is 2.11 bits per heavy atom. The van der Waals surface area contributed by atoms with Crippen LogP contribution >= 0.6 is 0 Å². The van der Waals surface area contributed by atoms with Crippen LogP contribution < -0.4 is 11.1 Å². The van der Waals surface area contributed by atoms with Crippen molar-refractivity contribution in [2.24, 2.45) is 11.1 Å². The first kappa shape index (κ1) is 14.5. The van der Waals surface area contributed by atoms with Gasteiger partial charge in [-0.1, -0.05) is 0 Å². The van der Waals surface area contributed by atoms with E-state index in [2.05, 4.69) is 20.5 Å². The van der Waals surface area contributed by atoms with Gasteiger partial charge in [0.25, 0.3) is 0 Å². The molecular formula is C12H21N5O. The number of nitrogens with two attached hydrogens (primary N) is 1. The molecule has 3 N–H and O–H groups in total. The van der Waals surface area contributed by atoms with Gasteiger partial charge in [-0.15, -0.1) is 5.10 Å². The number of carbonyl (C=O) groups excluding carboxylic acids is 1. The topological polar surface area (TPSA) is 93.8 Å². The number of rotatable bonds is 3. The summed E-state index contributed by atoms with van der Waals surface area (Å²) in [5, 5.41) is 10.4. The predicted molar refractivity (Wildman–Crippen MR) is 70.0 cm³/mol. The third kappa shape index (κ3) is 2.81. The molecule has 0 aliphatic heterocycles. The lowest BCUT2D eigenvalue weighted by Gasteiger charge is -2.36. The minimum absolute atomic E-state index is 0.209. The number of nitrogens with one attached hydrogen (secondary N) is 1. The summed E-state index contributed by atoms with van der Waals surface area (Å²) >= 11 is 0. The molecule has 100 valence electrons. The molecule has 0 saturated heterocycles. The summed E-state index contributed by atoms with van der Waals surface area (Å²) in [7, 11) is 0. The molecule has 0 atom stereocenters. The highest BCUT2D eigenvalue weighted by atomic mass is 16.2. The summed E-state index contributed by atoms with van der Waals surface area (Å²) in [6, 6.07) is 0. The molecule has 6 nitrogen and oxygen atoms in total. The van der Waals surface area contributed by atoms with E-state index in [-0.39, 0.29) is 11.9 Å². The summed E-state index contributed by atoms with van der Waals surface area (Å²) in [4.78, 5) is 16.3. The molecule has 1 rings (SSSR count). The van der Waals surface area contributed by atoms with E-state index in [4.69, 9.17) is 5.73 Å². The standard InChI is InChI=1S/C12H21N5O/c1-7-8(2)16-17-10(14-7)15-9(18)11(3,4)12(5,6)13/h13H2,1-6H3,(H,14,15,17,18). The molecule has 1 aromatic rings. The second-order valence-corrected chi connectivity index (χ2v) is 5.61. The highest BCUT2D eigenvalue weighted by molar-refractivity contribution is 5.94. The van der Waals surface area contributed by atoms with E-state index in [0.29, 0.717) is 0 Å². The van der Waals surface area contributed by atoms with Crippen LogP contribution in [-0.4, -0.2) is 26.6 Å². The summed E-state index contributed by atoms with van der Waals surface area (Å²) < 4.78 is 0. The van der Waals surface area contributed by atoms with Crippen LogP contribution in [0.3, 0.4) is 0 Å². The summed E-state index contributed by atoms with van der Waals surface area (Å²) in [6.45, 7) is 10.8. The smallest absolute Gasteiger partial charge is 0.249 e. The fourth-order valence-corrected chi connectivity index (χ4v) is 1.06. The van der Waals surface area contributed by atoms with E-state index in [1.165, 1.54) is 0 Å². The Morgan fingerprint density at radius 1 is 1.11 bits per heavy atom. The SMILES string of the molecule is Cc1nnc(NC(=O)C(C)(C)C(C)(C)N)nc1C. The zero-order chi connectivity index (χ0) is 14.1. The maximum absolute atomic E-state index is 12.2. The fourth-order valence-electron chi connectivity index (χ4n) is 1.06. The Labute approximate surface area is 107 Å². The predicted octanol–water partition coefficient (Wildman–Crippen LogP) is 1.19. The first-order chi connectivity index (χ1) is 8.05. The fraction of sp³-hybridized carbons (Fsp3) is 0.667. The normalized spacial score (nSPS) is 12.4. The minimum atomic E-state index is -0.741. The highest BCUT2D eigenvalue weighted by Crippen LogP contribution is 2.29. The largest absolute Gasteiger partial charge is 0.325 e. The van der Waals surface area contributed by atoms with Gasteiger partial charge in [-0.2, -0.15) is 5.10 Å². The molecular weight excluding hydrogens is 230 g/mol. The number of aromatic nitrogens is 3. The lowest BCUT2D eigenvalue weighted by atomic mass is 9.74. The second-order valence-electron chi connectivity index (χ2n) is 5.61. The van der Waals surface area contributed by atoms with Crippen LogP contribution in [0.1, 0.15) is 39.1 Å². The van der Waals surface area contributed by atoms with Gasteiger partial charge in [0.05, 0.1) is 16.8 Å². The quantitative estimate of drug-likeness (QED) is 0.841. The first-order valence-electron chi connectivity index (χ1n) is 5.84. The van der Waals surface area contributed by atoms with Crippen LogP contribution in [0.2, 0.25) is 0 Å². The molecule has 1 heterocycles. The van der Waals surface area contributed by atoms with Crippen molar-refractivity contribution in [2.45, 2.75) is 47.1 Å². The number of amides is 1. The van der Waals surface area contributed by atoms with Crippen molar-refractivity contribution < 1.29 is 4.79 Å². The molecule has 0 aliphatic rings. The van der Waals surface area contributed by atoms with Crippen molar-refractivity contribution in [2.75, 3.05) is 5.32 Å². The molecule has 1 aromatic heterocycles. The van der Waals surface area contributed by atoms with Crippen molar-refractivity contribution in [3.05, 3.63) is 11.4 Å². The van der Waals surface area contributed by atoms with Gasteiger partial charge in [-0.3, -0.25) is 10.1 Å². The lowest BCUT2D eigenvalue weighted by molar-refractivity contribution is -0.126. The van der Waals surface area contributed by atoms with Crippen molar-refractivity contribution in [3.8, 4) is 0 Å². The Hall–Kier alpha value is -1.56. The van der Waals surface area contributed by atoms with Gasteiger partial charge >= 0.3 is 0 Å². The van der Waals surface area contributed by atoms with Crippen molar-refractivity contribution in [3.63, 3.8) is 0 Å². The summed E-state index contributed by atoms with van der Waals surface area (Å²) in [5.41, 5.74) is 6.10. The molecule has 0 fully saturated rings. The van der Waals surface area contributed by atoms with Gasteiger partial charge < -0.3 is 5.73 Å². The number of anilines is 1. The van der Waals surface area contributed by atoms with Gasteiger partial charge in [0.1, 0.15) is 0 Å². The molecule has 0 radical (unpaired) electrons. The molecule has 0 spiro atoms. The molecule has 0 saturated carbocycles. The van der Waals surface area contributed by atoms with E-state index in [9.17, 15) is 4.79 Å². The van der Waals surface area contributed by atoms with Gasteiger partial charge in [-0.05, 0) is 41.5 Å². The number of hydrogen-bond acceptors (Lipinski definition) is 5. The van der Waals surface area contributed by atoms with E-state index >= 15 is 0 Å². The van der Waals surface area contributed by atoms with E-state index in [1.807, 2.05) is 27.7 Å². The number of nitrogens with zero attached hydrogens (tertiary/aromatic N) is 3. The van der Waals surface area contributed by atoms with E-state index < -0.39 is 11.0 Å². The van der Waals surface area contributed by atoms with E-state index in [0.717, 1.165) is 11.4 Å². The molecule has 0 aromatic carbocycles. The number of hydrogen-bond donors (Lipinski definition) is 2. The van der Waals surface area contributed by atoms with Gasteiger partial charge in [0.2, 0.25) is 11.9 Å². The van der Waals surface area contributed by atoms with Crippen molar-refractivity contribution >= 4 is 11.9 Å². The van der Waals surface area contributed by atoms with Gasteiger partial charge in [-0.25, -0.2) is 4.98 Å². The molecule has 18 heavy (non-hydrogen) atoms. The molecule has 6 heteroatoms. The Morgan fingerprint density at radius 2 is 1.67 bits per heavy atom. The average molecular weight is 251 g/mol. The molecule has 0 aliphatic carbocycles. The average Bonchev–Trinajstić information content (AvgIpc) is 2.21. The Bertz CT molecular complexity index is 462. The highest BCUT2D eigenvalue weighted by Gasteiger charge is 2.40. The third-order valence-corrected chi connectivity index (χ3v) is 3.50. The third-order valence-electron chi connectivity index (χ3n) is 3.50. The maximum atomic E-state index is 12.2. The van der Waals surface area contributed by atoms with Crippen LogP contribution in [-0.2, 0) is 4.79 Å². The maximum Gasteiger partial charge on any atom is 0.249 e.